The number of nitrogens with two attached hydrogens (primary N) is 1. The molecule has 1 saturated carbocycles. The standard InChI is InChI=1S/C9H10N2OS/c10-8-7(5-1-2-5)6(9(12)13)3-4-11-8/h3-5H,1-2H2,(H2,10,11)(H,12,13). The number of aromatic nitrogens is 1. The average molecular weight is 194 g/mol. The third-order valence-electron chi connectivity index (χ3n) is 2.24. The van der Waals surface area contributed by atoms with Crippen molar-refractivity contribution in [2.75, 3.05) is 5.73 Å². The molecule has 0 unspecified atom stereocenters. The van der Waals surface area contributed by atoms with Gasteiger partial charge in [0.15, 0.2) is 0 Å². The Kier molecular flexibility index (Phi) is 2.00. The summed E-state index contributed by atoms with van der Waals surface area (Å²) in [4.78, 5) is 15.1. The van der Waals surface area contributed by atoms with Crippen LogP contribution in [0.15, 0.2) is 12.3 Å². The number of nitrogens with zero attached hydrogens (tertiary/aromatic N) is 1. The molecule has 1 heterocycles. The van der Waals surface area contributed by atoms with Gasteiger partial charge < -0.3 is 5.73 Å². The van der Waals surface area contributed by atoms with Crippen LogP contribution in [0.1, 0.15) is 34.7 Å². The molecule has 0 spiro atoms. The highest BCUT2D eigenvalue weighted by Gasteiger charge is 2.29. The number of carbonyl (C=O) groups is 1. The van der Waals surface area contributed by atoms with E-state index in [9.17, 15) is 4.79 Å². The average Bonchev–Trinajstić information content (AvgIpc) is 2.86. The van der Waals surface area contributed by atoms with Crippen LogP contribution in [0.5, 0.6) is 0 Å². The van der Waals surface area contributed by atoms with Gasteiger partial charge >= 0.3 is 0 Å². The van der Waals surface area contributed by atoms with Crippen LogP contribution in [-0.4, -0.2) is 10.1 Å². The summed E-state index contributed by atoms with van der Waals surface area (Å²) in [6.45, 7) is 0. The fraction of sp³-hybridized carbons (Fsp3) is 0.333. The molecule has 2 N–H and O–H groups in total. The quantitative estimate of drug-likeness (QED) is 0.703. The van der Waals surface area contributed by atoms with Gasteiger partial charge in [0.25, 0.3) is 0 Å². The molecule has 68 valence electrons. The summed E-state index contributed by atoms with van der Waals surface area (Å²) in [6.07, 6.45) is 3.75. The minimum atomic E-state index is -0.226. The van der Waals surface area contributed by atoms with E-state index < -0.39 is 0 Å². The first-order valence-electron chi connectivity index (χ1n) is 4.18. The lowest BCUT2D eigenvalue weighted by atomic mass is 10.1. The van der Waals surface area contributed by atoms with Crippen molar-refractivity contribution in [3.05, 3.63) is 23.4 Å². The largest absolute Gasteiger partial charge is 0.383 e. The van der Waals surface area contributed by atoms with E-state index in [1.807, 2.05) is 0 Å². The predicted molar refractivity (Wildman–Crippen MR) is 53.9 cm³/mol. The molecule has 1 aliphatic carbocycles. The molecule has 1 aromatic rings. The van der Waals surface area contributed by atoms with Crippen LogP contribution in [0.3, 0.4) is 0 Å². The summed E-state index contributed by atoms with van der Waals surface area (Å²) in [5, 5.41) is -0.226. The molecule has 0 aliphatic heterocycles. The van der Waals surface area contributed by atoms with Crippen LogP contribution < -0.4 is 5.73 Å². The second kappa shape index (κ2) is 3.03. The number of thiol groups is 1. The van der Waals surface area contributed by atoms with Gasteiger partial charge in [0.05, 0.1) is 0 Å². The van der Waals surface area contributed by atoms with Crippen molar-refractivity contribution in [3.8, 4) is 0 Å². The number of pyridine rings is 1. The molecule has 0 atom stereocenters. The minimum absolute atomic E-state index is 0.226. The van der Waals surface area contributed by atoms with Crippen molar-refractivity contribution in [1.29, 1.82) is 0 Å². The smallest absolute Gasteiger partial charge is 0.216 e. The molecular formula is C9H10N2OS. The van der Waals surface area contributed by atoms with Crippen LogP contribution >= 0.6 is 12.6 Å². The Morgan fingerprint density at radius 2 is 2.31 bits per heavy atom. The normalized spacial score (nSPS) is 15.8. The number of nitrogen functional groups attached to an aromatic ring is 1. The zero-order valence-electron chi connectivity index (χ0n) is 7.03. The topological polar surface area (TPSA) is 56.0 Å². The Morgan fingerprint density at radius 1 is 1.62 bits per heavy atom. The van der Waals surface area contributed by atoms with Crippen LogP contribution in [0, 0.1) is 0 Å². The molecule has 0 aromatic carbocycles. The van der Waals surface area contributed by atoms with E-state index >= 15 is 0 Å². The number of rotatable bonds is 2. The van der Waals surface area contributed by atoms with Crippen molar-refractivity contribution in [2.45, 2.75) is 18.8 Å². The fourth-order valence-corrected chi connectivity index (χ4v) is 1.67. The Labute approximate surface area is 81.8 Å². The summed E-state index contributed by atoms with van der Waals surface area (Å²) in [5.41, 5.74) is 7.20. The summed E-state index contributed by atoms with van der Waals surface area (Å²) < 4.78 is 0. The van der Waals surface area contributed by atoms with Crippen molar-refractivity contribution in [2.24, 2.45) is 0 Å². The lowest BCUT2D eigenvalue weighted by molar-refractivity contribution is 0.109. The number of anilines is 1. The van der Waals surface area contributed by atoms with Gasteiger partial charge in [0.1, 0.15) is 5.82 Å². The zero-order valence-corrected chi connectivity index (χ0v) is 7.92. The molecule has 0 saturated heterocycles. The van der Waals surface area contributed by atoms with E-state index in [-0.39, 0.29) is 5.12 Å². The fourth-order valence-electron chi connectivity index (χ4n) is 1.48. The Hall–Kier alpha value is -1.03. The highest BCUT2D eigenvalue weighted by molar-refractivity contribution is 7.97. The maximum absolute atomic E-state index is 11.1. The van der Waals surface area contributed by atoms with Gasteiger partial charge in [0.2, 0.25) is 5.12 Å². The highest BCUT2D eigenvalue weighted by atomic mass is 32.1. The monoisotopic (exact) mass is 194 g/mol. The zero-order chi connectivity index (χ0) is 9.42. The van der Waals surface area contributed by atoms with Crippen LogP contribution in [-0.2, 0) is 0 Å². The van der Waals surface area contributed by atoms with Crippen molar-refractivity contribution >= 4 is 23.6 Å². The Morgan fingerprint density at radius 3 is 2.85 bits per heavy atom. The molecule has 1 aromatic heterocycles. The molecule has 0 amide bonds. The first-order valence-corrected chi connectivity index (χ1v) is 4.62. The lowest BCUT2D eigenvalue weighted by Crippen LogP contribution is -2.03. The van der Waals surface area contributed by atoms with Crippen molar-refractivity contribution < 1.29 is 4.79 Å². The molecule has 3 nitrogen and oxygen atoms in total. The molecule has 13 heavy (non-hydrogen) atoms. The Bertz CT molecular complexity index is 361. The van der Waals surface area contributed by atoms with E-state index in [4.69, 9.17) is 5.73 Å². The minimum Gasteiger partial charge on any atom is -0.383 e. The summed E-state index contributed by atoms with van der Waals surface area (Å²) in [6, 6.07) is 1.68. The van der Waals surface area contributed by atoms with Gasteiger partial charge in [-0.15, -0.1) is 12.6 Å². The molecule has 0 bridgehead atoms. The number of hydrogen-bond donors (Lipinski definition) is 2. The van der Waals surface area contributed by atoms with Crippen molar-refractivity contribution in [1.82, 2.24) is 4.98 Å². The lowest BCUT2D eigenvalue weighted by Gasteiger charge is -2.06. The Balaban J connectivity index is 2.53. The second-order valence-corrected chi connectivity index (χ2v) is 3.64. The number of carbonyl (C=O) groups excluding carboxylic acids is 1. The summed E-state index contributed by atoms with van der Waals surface area (Å²) in [5.74, 6) is 0.905. The van der Waals surface area contributed by atoms with E-state index in [0.29, 0.717) is 17.3 Å². The van der Waals surface area contributed by atoms with Crippen molar-refractivity contribution in [3.63, 3.8) is 0 Å². The van der Waals surface area contributed by atoms with Gasteiger partial charge in [-0.2, -0.15) is 0 Å². The van der Waals surface area contributed by atoms with Gasteiger partial charge in [0, 0.05) is 17.3 Å². The van der Waals surface area contributed by atoms with E-state index in [1.165, 1.54) is 0 Å². The SMILES string of the molecule is Nc1nccc(C(=O)S)c1C1CC1. The summed E-state index contributed by atoms with van der Waals surface area (Å²) >= 11 is 3.80. The molecular weight excluding hydrogens is 184 g/mol. The van der Waals surface area contributed by atoms with Crippen LogP contribution in [0.2, 0.25) is 0 Å². The third-order valence-corrected chi connectivity index (χ3v) is 2.48. The van der Waals surface area contributed by atoms with E-state index in [2.05, 4.69) is 17.6 Å². The first-order chi connectivity index (χ1) is 6.20. The van der Waals surface area contributed by atoms with Crippen LogP contribution in [0.25, 0.3) is 0 Å². The molecule has 1 aliphatic rings. The number of hydrogen-bond acceptors (Lipinski definition) is 3. The van der Waals surface area contributed by atoms with Gasteiger partial charge in [-0.3, -0.25) is 4.79 Å². The molecule has 4 heteroatoms. The first kappa shape index (κ1) is 8.56. The molecule has 1 fully saturated rings. The van der Waals surface area contributed by atoms with E-state index in [1.54, 1.807) is 12.3 Å². The van der Waals surface area contributed by atoms with Gasteiger partial charge in [-0.25, -0.2) is 4.98 Å². The maximum Gasteiger partial charge on any atom is 0.216 e. The van der Waals surface area contributed by atoms with Gasteiger partial charge in [-0.1, -0.05) is 0 Å². The second-order valence-electron chi connectivity index (χ2n) is 3.24. The van der Waals surface area contributed by atoms with Crippen LogP contribution in [0.4, 0.5) is 5.82 Å². The summed E-state index contributed by atoms with van der Waals surface area (Å²) in [7, 11) is 0. The molecule has 2 rings (SSSR count). The van der Waals surface area contributed by atoms with E-state index in [0.717, 1.165) is 18.4 Å². The predicted octanol–water partition coefficient (Wildman–Crippen LogP) is 1.61. The molecule has 0 radical (unpaired) electrons. The third kappa shape index (κ3) is 1.54. The highest BCUT2D eigenvalue weighted by Crippen LogP contribution is 2.43. The maximum atomic E-state index is 11.1. The van der Waals surface area contributed by atoms with Gasteiger partial charge in [-0.05, 0) is 24.8 Å².